The molecule has 2 aromatic rings. The summed E-state index contributed by atoms with van der Waals surface area (Å²) < 4.78 is 10.4. The van der Waals surface area contributed by atoms with Crippen LogP contribution in [0.4, 0.5) is 0 Å². The summed E-state index contributed by atoms with van der Waals surface area (Å²) in [6.07, 6.45) is 0.372. The first-order chi connectivity index (χ1) is 11.5. The highest BCUT2D eigenvalue weighted by Gasteiger charge is 2.43. The molecule has 0 radical (unpaired) electrons. The van der Waals surface area contributed by atoms with Gasteiger partial charge in [0.1, 0.15) is 5.75 Å². The topological polar surface area (TPSA) is 84.9 Å². The van der Waals surface area contributed by atoms with Gasteiger partial charge in [0.05, 0.1) is 20.1 Å². The Bertz CT molecular complexity index is 780. The molecule has 0 bridgehead atoms. The summed E-state index contributed by atoms with van der Waals surface area (Å²) in [6, 6.07) is 11.4. The van der Waals surface area contributed by atoms with Gasteiger partial charge in [0.15, 0.2) is 5.54 Å². The van der Waals surface area contributed by atoms with Crippen molar-refractivity contribution in [3.05, 3.63) is 42.0 Å². The van der Waals surface area contributed by atoms with E-state index in [1.54, 1.807) is 7.11 Å². The van der Waals surface area contributed by atoms with Crippen LogP contribution in [0.25, 0.3) is 10.8 Å². The molecule has 1 aliphatic rings. The predicted octanol–water partition coefficient (Wildman–Crippen LogP) is 1.75. The lowest BCUT2D eigenvalue weighted by Gasteiger charge is -2.23. The molecule has 1 aliphatic heterocycles. The molecule has 24 heavy (non-hydrogen) atoms. The highest BCUT2D eigenvalue weighted by Crippen LogP contribution is 2.25. The number of ether oxygens (including phenoxy) is 2. The Morgan fingerprint density at radius 1 is 1.33 bits per heavy atom. The fourth-order valence-corrected chi connectivity index (χ4v) is 2.97. The molecule has 1 fully saturated rings. The molecule has 6 heteroatoms. The van der Waals surface area contributed by atoms with Crippen LogP contribution >= 0.6 is 0 Å². The quantitative estimate of drug-likeness (QED) is 0.873. The van der Waals surface area contributed by atoms with Crippen LogP contribution in [0.5, 0.6) is 5.75 Å². The van der Waals surface area contributed by atoms with Crippen molar-refractivity contribution >= 4 is 22.6 Å². The van der Waals surface area contributed by atoms with E-state index in [4.69, 9.17) is 9.47 Å². The van der Waals surface area contributed by atoms with Crippen LogP contribution in [0.3, 0.4) is 0 Å². The van der Waals surface area contributed by atoms with Crippen molar-refractivity contribution < 1.29 is 24.2 Å². The molecular weight excluding hydrogens is 310 g/mol. The number of rotatable bonds is 5. The number of carbonyl (C=O) groups is 2. The van der Waals surface area contributed by atoms with Crippen molar-refractivity contribution in [1.29, 1.82) is 0 Å². The van der Waals surface area contributed by atoms with Gasteiger partial charge >= 0.3 is 5.97 Å². The third kappa shape index (κ3) is 3.05. The number of amides is 1. The lowest BCUT2D eigenvalue weighted by atomic mass is 9.97. The summed E-state index contributed by atoms with van der Waals surface area (Å²) in [5.41, 5.74) is -0.498. The molecule has 0 spiro atoms. The van der Waals surface area contributed by atoms with Crippen molar-refractivity contribution in [3.8, 4) is 5.75 Å². The van der Waals surface area contributed by atoms with Gasteiger partial charge in [0, 0.05) is 13.0 Å². The first-order valence-corrected chi connectivity index (χ1v) is 7.72. The first-order valence-electron chi connectivity index (χ1n) is 7.72. The lowest BCUT2D eigenvalue weighted by Crippen LogP contribution is -2.55. The number of aliphatic carboxylic acids is 1. The van der Waals surface area contributed by atoms with Crippen LogP contribution in [-0.4, -0.2) is 42.8 Å². The van der Waals surface area contributed by atoms with Crippen LogP contribution in [0.1, 0.15) is 12.0 Å². The van der Waals surface area contributed by atoms with Gasteiger partial charge in [0.2, 0.25) is 5.91 Å². The Morgan fingerprint density at radius 2 is 2.17 bits per heavy atom. The molecule has 0 saturated carbocycles. The number of methoxy groups -OCH3 is 1. The standard InChI is InChI=1S/C18H19NO5/c1-23-14-6-5-12-3-2-4-13(15(12)10-14)9-16(20)19-18(17(21)22)7-8-24-11-18/h2-6,10H,7-9,11H2,1H3,(H,19,20)(H,21,22). The molecule has 0 aromatic heterocycles. The molecule has 6 nitrogen and oxygen atoms in total. The van der Waals surface area contributed by atoms with E-state index in [9.17, 15) is 14.7 Å². The first kappa shape index (κ1) is 16.3. The van der Waals surface area contributed by atoms with Gasteiger partial charge in [-0.3, -0.25) is 4.79 Å². The van der Waals surface area contributed by atoms with E-state index in [1.807, 2.05) is 36.4 Å². The Morgan fingerprint density at radius 3 is 2.83 bits per heavy atom. The minimum absolute atomic E-state index is 0.00255. The average Bonchev–Trinajstić information content (AvgIpc) is 3.04. The molecular formula is C18H19NO5. The van der Waals surface area contributed by atoms with E-state index in [-0.39, 0.29) is 25.4 Å². The minimum Gasteiger partial charge on any atom is -0.497 e. The molecule has 1 amide bonds. The summed E-state index contributed by atoms with van der Waals surface area (Å²) in [4.78, 5) is 23.9. The Hall–Kier alpha value is -2.60. The van der Waals surface area contributed by atoms with Crippen LogP contribution in [0.2, 0.25) is 0 Å². The number of carboxylic acids is 1. The maximum Gasteiger partial charge on any atom is 0.331 e. The zero-order chi connectivity index (χ0) is 17.2. The predicted molar refractivity (Wildman–Crippen MR) is 88.1 cm³/mol. The highest BCUT2D eigenvalue weighted by molar-refractivity contribution is 5.93. The van der Waals surface area contributed by atoms with E-state index in [0.717, 1.165) is 16.3 Å². The second-order valence-electron chi connectivity index (χ2n) is 5.92. The van der Waals surface area contributed by atoms with E-state index < -0.39 is 11.5 Å². The van der Waals surface area contributed by atoms with Gasteiger partial charge < -0.3 is 19.9 Å². The maximum absolute atomic E-state index is 12.4. The third-order valence-electron chi connectivity index (χ3n) is 4.34. The number of benzene rings is 2. The van der Waals surface area contributed by atoms with Crippen molar-refractivity contribution in [2.45, 2.75) is 18.4 Å². The van der Waals surface area contributed by atoms with Crippen LogP contribution in [0.15, 0.2) is 36.4 Å². The lowest BCUT2D eigenvalue weighted by molar-refractivity contribution is -0.147. The fourth-order valence-electron chi connectivity index (χ4n) is 2.97. The zero-order valence-electron chi connectivity index (χ0n) is 13.4. The second-order valence-corrected chi connectivity index (χ2v) is 5.92. The molecule has 0 aliphatic carbocycles. The monoisotopic (exact) mass is 329 g/mol. The van der Waals surface area contributed by atoms with E-state index in [1.165, 1.54) is 0 Å². The Kier molecular flexibility index (Phi) is 4.40. The number of carboxylic acid groups (broad SMARTS) is 1. The summed E-state index contributed by atoms with van der Waals surface area (Å²) in [7, 11) is 1.59. The fraction of sp³-hybridized carbons (Fsp3) is 0.333. The molecule has 1 heterocycles. The Balaban J connectivity index is 1.84. The van der Waals surface area contributed by atoms with E-state index in [2.05, 4.69) is 5.32 Å². The number of hydrogen-bond acceptors (Lipinski definition) is 4. The smallest absolute Gasteiger partial charge is 0.331 e. The summed E-state index contributed by atoms with van der Waals surface area (Å²) in [6.45, 7) is 0.329. The second kappa shape index (κ2) is 6.49. The molecule has 126 valence electrons. The number of carbonyl (C=O) groups excluding carboxylic acids is 1. The van der Waals surface area contributed by atoms with Crippen LogP contribution in [0, 0.1) is 0 Å². The van der Waals surface area contributed by atoms with E-state index in [0.29, 0.717) is 12.4 Å². The van der Waals surface area contributed by atoms with Gasteiger partial charge in [-0.05, 0) is 28.5 Å². The SMILES string of the molecule is COc1ccc2cccc(CC(=O)NC3(C(=O)O)CCOC3)c2c1. The van der Waals surface area contributed by atoms with Gasteiger partial charge in [0.25, 0.3) is 0 Å². The average molecular weight is 329 g/mol. The molecule has 2 N–H and O–H groups in total. The zero-order valence-corrected chi connectivity index (χ0v) is 13.4. The Labute approximate surface area is 139 Å². The van der Waals surface area contributed by atoms with Crippen molar-refractivity contribution in [1.82, 2.24) is 5.32 Å². The molecule has 1 unspecified atom stereocenters. The highest BCUT2D eigenvalue weighted by atomic mass is 16.5. The van der Waals surface area contributed by atoms with Gasteiger partial charge in [-0.25, -0.2) is 4.79 Å². The van der Waals surface area contributed by atoms with Crippen LogP contribution in [-0.2, 0) is 20.7 Å². The van der Waals surface area contributed by atoms with Crippen molar-refractivity contribution in [2.75, 3.05) is 20.3 Å². The summed E-state index contributed by atoms with van der Waals surface area (Å²) >= 11 is 0. The van der Waals surface area contributed by atoms with Crippen molar-refractivity contribution in [2.24, 2.45) is 0 Å². The molecule has 3 rings (SSSR count). The number of nitrogens with one attached hydrogen (secondary N) is 1. The molecule has 1 saturated heterocycles. The molecule has 2 aromatic carbocycles. The van der Waals surface area contributed by atoms with Gasteiger partial charge in [-0.2, -0.15) is 0 Å². The minimum atomic E-state index is -1.32. The van der Waals surface area contributed by atoms with Gasteiger partial charge in [-0.15, -0.1) is 0 Å². The van der Waals surface area contributed by atoms with E-state index >= 15 is 0 Å². The summed E-state index contributed by atoms with van der Waals surface area (Å²) in [5.74, 6) is -0.687. The normalized spacial score (nSPS) is 20.0. The maximum atomic E-state index is 12.4. The number of hydrogen-bond donors (Lipinski definition) is 2. The van der Waals surface area contributed by atoms with Crippen LogP contribution < -0.4 is 10.1 Å². The largest absolute Gasteiger partial charge is 0.497 e. The number of fused-ring (bicyclic) bond motifs is 1. The molecule has 1 atom stereocenters. The third-order valence-corrected chi connectivity index (χ3v) is 4.34. The van der Waals surface area contributed by atoms with Gasteiger partial charge in [-0.1, -0.05) is 24.3 Å². The summed E-state index contributed by atoms with van der Waals surface area (Å²) in [5, 5.41) is 14.0. The van der Waals surface area contributed by atoms with Crippen molar-refractivity contribution in [3.63, 3.8) is 0 Å².